The standard InChI is InChI=1S/3C8H10N.Sn/c3*1-9(2)8-6-4-3-5-7-8;/h3*4-7H,1-2H3;. The van der Waals surface area contributed by atoms with E-state index in [2.05, 4.69) is 130 Å². The molecule has 0 bridgehead atoms. The molecule has 0 fully saturated rings. The Balaban J connectivity index is 2.04. The summed E-state index contributed by atoms with van der Waals surface area (Å²) in [6.45, 7) is 0. The molecule has 3 aromatic carbocycles. The molecule has 3 rings (SSSR count). The molecule has 0 aliphatic rings. The monoisotopic (exact) mass is 480 g/mol. The Morgan fingerprint density at radius 2 is 0.607 bits per heavy atom. The number of hydrogen-bond donors (Lipinski definition) is 0. The number of rotatable bonds is 6. The Labute approximate surface area is 176 Å². The van der Waals surface area contributed by atoms with Crippen LogP contribution in [0, 0.1) is 0 Å². The summed E-state index contributed by atoms with van der Waals surface area (Å²) >= 11 is -2.24. The summed E-state index contributed by atoms with van der Waals surface area (Å²) in [5.74, 6) is 0. The van der Waals surface area contributed by atoms with Crippen LogP contribution < -0.4 is 25.4 Å². The maximum absolute atomic E-state index is 2.34. The third-order valence-corrected chi connectivity index (χ3v) is 12.8. The molecule has 3 aromatic rings. The van der Waals surface area contributed by atoms with Crippen molar-refractivity contribution in [2.75, 3.05) is 57.0 Å². The van der Waals surface area contributed by atoms with Crippen LogP contribution in [0.25, 0.3) is 0 Å². The number of anilines is 3. The first-order valence-electron chi connectivity index (χ1n) is 9.57. The van der Waals surface area contributed by atoms with Gasteiger partial charge in [0.2, 0.25) is 0 Å². The number of hydrogen-bond acceptors (Lipinski definition) is 3. The molecule has 0 N–H and O–H groups in total. The SMILES string of the molecule is CN(C)c1cc[c]([Sn]([c]2ccc(N(C)C)cc2)[c]2ccc(N(C)C)cc2)cc1. The number of nitrogens with zero attached hydrogens (tertiary/aromatic N) is 3. The van der Waals surface area contributed by atoms with E-state index in [1.54, 1.807) is 0 Å². The molecule has 0 heterocycles. The molecule has 0 spiro atoms. The van der Waals surface area contributed by atoms with Gasteiger partial charge in [0, 0.05) is 0 Å². The quantitative estimate of drug-likeness (QED) is 0.504. The fourth-order valence-corrected chi connectivity index (χ4v) is 10.4. The van der Waals surface area contributed by atoms with Gasteiger partial charge in [-0.2, -0.15) is 0 Å². The van der Waals surface area contributed by atoms with E-state index in [4.69, 9.17) is 0 Å². The van der Waals surface area contributed by atoms with Crippen LogP contribution in [0.1, 0.15) is 0 Å². The summed E-state index contributed by atoms with van der Waals surface area (Å²) in [4.78, 5) is 6.47. The van der Waals surface area contributed by atoms with Gasteiger partial charge in [0.15, 0.2) is 0 Å². The molecule has 0 aromatic heterocycles. The van der Waals surface area contributed by atoms with Crippen molar-refractivity contribution in [2.24, 2.45) is 0 Å². The van der Waals surface area contributed by atoms with Gasteiger partial charge in [0.1, 0.15) is 0 Å². The van der Waals surface area contributed by atoms with Crippen LogP contribution in [0.2, 0.25) is 0 Å². The first-order valence-corrected chi connectivity index (χ1v) is 13.8. The van der Waals surface area contributed by atoms with Gasteiger partial charge < -0.3 is 0 Å². The van der Waals surface area contributed by atoms with Crippen LogP contribution in [0.4, 0.5) is 17.1 Å². The fourth-order valence-electron chi connectivity index (χ4n) is 3.28. The molecule has 0 unspecified atom stereocenters. The molecule has 4 heteroatoms. The van der Waals surface area contributed by atoms with Crippen LogP contribution in [0.15, 0.2) is 72.8 Å². The summed E-state index contributed by atoms with van der Waals surface area (Å²) < 4.78 is 4.51. The van der Waals surface area contributed by atoms with Crippen LogP contribution >= 0.6 is 0 Å². The third-order valence-electron chi connectivity index (χ3n) is 5.02. The van der Waals surface area contributed by atoms with Gasteiger partial charge in [-0.05, 0) is 0 Å². The minimum absolute atomic E-state index is 1.25. The van der Waals surface area contributed by atoms with Gasteiger partial charge in [0.05, 0.1) is 0 Å². The second-order valence-electron chi connectivity index (χ2n) is 7.70. The van der Waals surface area contributed by atoms with Crippen molar-refractivity contribution in [2.45, 2.75) is 0 Å². The van der Waals surface area contributed by atoms with E-state index in [0.717, 1.165) is 0 Å². The van der Waals surface area contributed by atoms with Crippen molar-refractivity contribution >= 4 is 47.6 Å². The van der Waals surface area contributed by atoms with E-state index >= 15 is 0 Å². The molecule has 0 aliphatic carbocycles. The van der Waals surface area contributed by atoms with E-state index in [1.807, 2.05) is 0 Å². The molecule has 0 saturated heterocycles. The molecular weight excluding hydrogens is 449 g/mol. The topological polar surface area (TPSA) is 9.72 Å². The van der Waals surface area contributed by atoms with Gasteiger partial charge in [-0.3, -0.25) is 0 Å². The molecule has 145 valence electrons. The van der Waals surface area contributed by atoms with E-state index in [0.29, 0.717) is 0 Å². The second kappa shape index (κ2) is 8.91. The average molecular weight is 479 g/mol. The van der Waals surface area contributed by atoms with Crippen molar-refractivity contribution < 1.29 is 0 Å². The van der Waals surface area contributed by atoms with Crippen LogP contribution in [-0.2, 0) is 0 Å². The second-order valence-corrected chi connectivity index (χ2v) is 14.8. The summed E-state index contributed by atoms with van der Waals surface area (Å²) in [6.07, 6.45) is 0. The number of benzene rings is 3. The van der Waals surface area contributed by atoms with E-state index in [1.165, 1.54) is 27.8 Å². The van der Waals surface area contributed by atoms with Crippen molar-refractivity contribution in [1.29, 1.82) is 0 Å². The summed E-state index contributed by atoms with van der Waals surface area (Å²) in [5.41, 5.74) is 3.74. The predicted molar refractivity (Wildman–Crippen MR) is 127 cm³/mol. The van der Waals surface area contributed by atoms with Crippen LogP contribution in [0.5, 0.6) is 0 Å². The van der Waals surface area contributed by atoms with Crippen molar-refractivity contribution in [1.82, 2.24) is 0 Å². The summed E-state index contributed by atoms with van der Waals surface area (Å²) in [7, 11) is 12.6. The molecule has 28 heavy (non-hydrogen) atoms. The van der Waals surface area contributed by atoms with Gasteiger partial charge in [-0.15, -0.1) is 0 Å². The first-order chi connectivity index (χ1) is 13.4. The Morgan fingerprint density at radius 3 is 0.786 bits per heavy atom. The first kappa shape index (κ1) is 20.6. The van der Waals surface area contributed by atoms with Crippen molar-refractivity contribution in [3.63, 3.8) is 0 Å². The van der Waals surface area contributed by atoms with Gasteiger partial charge in [-0.1, -0.05) is 0 Å². The molecule has 0 aliphatic heterocycles. The molecule has 1 radical (unpaired) electrons. The molecule has 3 nitrogen and oxygen atoms in total. The zero-order valence-corrected chi connectivity index (χ0v) is 20.6. The van der Waals surface area contributed by atoms with Gasteiger partial charge in [-0.25, -0.2) is 0 Å². The minimum atomic E-state index is -2.24. The van der Waals surface area contributed by atoms with Crippen LogP contribution in [-0.4, -0.2) is 62.0 Å². The average Bonchev–Trinajstić information content (AvgIpc) is 2.69. The fraction of sp³-hybridized carbons (Fsp3) is 0.250. The molecule has 0 amide bonds. The predicted octanol–water partition coefficient (Wildman–Crippen LogP) is 2.40. The van der Waals surface area contributed by atoms with Crippen molar-refractivity contribution in [3.05, 3.63) is 72.8 Å². The van der Waals surface area contributed by atoms with E-state index < -0.39 is 19.8 Å². The van der Waals surface area contributed by atoms with E-state index in [9.17, 15) is 0 Å². The van der Waals surface area contributed by atoms with Gasteiger partial charge >= 0.3 is 177 Å². The Kier molecular flexibility index (Phi) is 6.55. The molecule has 0 atom stereocenters. The zero-order chi connectivity index (χ0) is 20.3. The summed E-state index contributed by atoms with van der Waals surface area (Å²) in [6, 6.07) is 27.5. The van der Waals surface area contributed by atoms with Crippen molar-refractivity contribution in [3.8, 4) is 0 Å². The Morgan fingerprint density at radius 1 is 0.393 bits per heavy atom. The van der Waals surface area contributed by atoms with Crippen LogP contribution in [0.3, 0.4) is 0 Å². The maximum atomic E-state index is 2.34. The van der Waals surface area contributed by atoms with E-state index in [-0.39, 0.29) is 0 Å². The third kappa shape index (κ3) is 4.64. The normalized spacial score (nSPS) is 10.8. The van der Waals surface area contributed by atoms with Gasteiger partial charge in [0.25, 0.3) is 0 Å². The summed E-state index contributed by atoms with van der Waals surface area (Å²) in [5, 5.41) is 0. The molecular formula is C24H30N3Sn. The zero-order valence-electron chi connectivity index (χ0n) is 17.8. The molecule has 0 saturated carbocycles. The Bertz CT molecular complexity index is 760. The Hall–Kier alpha value is -2.14.